The smallest absolute Gasteiger partial charge is 0.258 e. The van der Waals surface area contributed by atoms with Gasteiger partial charge in [-0.2, -0.15) is 5.10 Å². The highest BCUT2D eigenvalue weighted by Gasteiger charge is 2.15. The van der Waals surface area contributed by atoms with Crippen LogP contribution in [-0.2, 0) is 7.05 Å². The van der Waals surface area contributed by atoms with Crippen LogP contribution in [0, 0.1) is 0 Å². The first-order valence-electron chi connectivity index (χ1n) is 4.85. The second-order valence-electron chi connectivity index (χ2n) is 3.39. The number of carbonyl (C=O) groups is 1. The van der Waals surface area contributed by atoms with Crippen LogP contribution in [0.3, 0.4) is 0 Å². The molecule has 0 aliphatic rings. The molecule has 18 heavy (non-hydrogen) atoms. The Morgan fingerprint density at radius 2 is 2.22 bits per heavy atom. The Bertz CT molecular complexity index is 594. The van der Waals surface area contributed by atoms with E-state index in [1.165, 1.54) is 11.3 Å². The van der Waals surface area contributed by atoms with Gasteiger partial charge in [0.1, 0.15) is 0 Å². The Morgan fingerprint density at radius 3 is 2.72 bits per heavy atom. The van der Waals surface area contributed by atoms with Gasteiger partial charge < -0.3 is 10.1 Å². The molecule has 0 aromatic carbocycles. The number of aryl methyl sites for hydroxylation is 1. The Labute approximate surface area is 124 Å². The first-order chi connectivity index (χ1) is 8.51. The molecule has 2 aromatic heterocycles. The van der Waals surface area contributed by atoms with E-state index in [0.717, 1.165) is 7.57 Å². The van der Waals surface area contributed by atoms with Crippen molar-refractivity contribution in [1.82, 2.24) is 9.78 Å². The van der Waals surface area contributed by atoms with Gasteiger partial charge in [0.25, 0.3) is 5.91 Å². The summed E-state index contributed by atoms with van der Waals surface area (Å²) in [4.78, 5) is 12.0. The summed E-state index contributed by atoms with van der Waals surface area (Å²) < 4.78 is 8.29. The molecule has 0 bridgehead atoms. The summed E-state index contributed by atoms with van der Waals surface area (Å²) in [6.07, 6.45) is 0. The zero-order chi connectivity index (χ0) is 13.3. The van der Waals surface area contributed by atoms with Crippen LogP contribution in [0.4, 0.5) is 5.82 Å². The largest absolute Gasteiger partial charge is 0.481 e. The monoisotopic (exact) mass is 393 g/mol. The van der Waals surface area contributed by atoms with E-state index in [-0.39, 0.29) is 5.91 Å². The SMILES string of the molecule is COc1cc(NC(=O)c2cc(Br)sc2Br)nn1C. The number of rotatable bonds is 3. The maximum atomic E-state index is 12.0. The summed E-state index contributed by atoms with van der Waals surface area (Å²) in [6.45, 7) is 0. The molecule has 96 valence electrons. The molecule has 0 aliphatic heterocycles. The number of hydrogen-bond acceptors (Lipinski definition) is 4. The highest BCUT2D eigenvalue weighted by Crippen LogP contribution is 2.32. The molecule has 0 radical (unpaired) electrons. The molecule has 0 aliphatic carbocycles. The number of nitrogens with one attached hydrogen (secondary N) is 1. The van der Waals surface area contributed by atoms with Crippen LogP contribution in [0.1, 0.15) is 10.4 Å². The van der Waals surface area contributed by atoms with Gasteiger partial charge in [0, 0.05) is 13.1 Å². The van der Waals surface area contributed by atoms with E-state index < -0.39 is 0 Å². The Morgan fingerprint density at radius 1 is 1.50 bits per heavy atom. The van der Waals surface area contributed by atoms with Gasteiger partial charge in [0.05, 0.1) is 20.2 Å². The van der Waals surface area contributed by atoms with Crippen LogP contribution < -0.4 is 10.1 Å². The number of nitrogens with zero attached hydrogens (tertiary/aromatic N) is 2. The number of thiophene rings is 1. The van der Waals surface area contributed by atoms with E-state index >= 15 is 0 Å². The maximum absolute atomic E-state index is 12.0. The van der Waals surface area contributed by atoms with Crippen molar-refractivity contribution in [2.75, 3.05) is 12.4 Å². The molecule has 2 heterocycles. The van der Waals surface area contributed by atoms with Crippen molar-refractivity contribution in [1.29, 1.82) is 0 Å². The molecule has 0 atom stereocenters. The van der Waals surface area contributed by atoms with E-state index in [0.29, 0.717) is 17.3 Å². The molecule has 0 unspecified atom stereocenters. The zero-order valence-electron chi connectivity index (χ0n) is 9.53. The highest BCUT2D eigenvalue weighted by molar-refractivity contribution is 9.12. The average Bonchev–Trinajstić information content (AvgIpc) is 2.81. The minimum Gasteiger partial charge on any atom is -0.481 e. The molecular weight excluding hydrogens is 386 g/mol. The number of aromatic nitrogens is 2. The Balaban J connectivity index is 2.18. The normalized spacial score (nSPS) is 10.4. The lowest BCUT2D eigenvalue weighted by Crippen LogP contribution is -2.12. The van der Waals surface area contributed by atoms with E-state index in [1.54, 1.807) is 31.0 Å². The zero-order valence-corrected chi connectivity index (χ0v) is 13.5. The van der Waals surface area contributed by atoms with Crippen LogP contribution in [0.15, 0.2) is 19.7 Å². The lowest BCUT2D eigenvalue weighted by molar-refractivity contribution is 0.102. The summed E-state index contributed by atoms with van der Waals surface area (Å²) in [5, 5.41) is 6.83. The summed E-state index contributed by atoms with van der Waals surface area (Å²) >= 11 is 8.12. The number of methoxy groups -OCH3 is 1. The third kappa shape index (κ3) is 2.76. The van der Waals surface area contributed by atoms with Gasteiger partial charge >= 0.3 is 0 Å². The van der Waals surface area contributed by atoms with E-state index in [9.17, 15) is 4.79 Å². The van der Waals surface area contributed by atoms with E-state index in [2.05, 4.69) is 42.3 Å². The molecule has 2 rings (SSSR count). The molecule has 0 fully saturated rings. The predicted octanol–water partition coefficient (Wildman–Crippen LogP) is 3.27. The van der Waals surface area contributed by atoms with Gasteiger partial charge in [0.2, 0.25) is 5.88 Å². The summed E-state index contributed by atoms with van der Waals surface area (Å²) in [5.74, 6) is 0.814. The van der Waals surface area contributed by atoms with Crippen molar-refractivity contribution in [3.8, 4) is 5.88 Å². The molecule has 0 saturated heterocycles. The fourth-order valence-corrected chi connectivity index (χ4v) is 4.17. The maximum Gasteiger partial charge on any atom is 0.258 e. The topological polar surface area (TPSA) is 56.1 Å². The van der Waals surface area contributed by atoms with Gasteiger partial charge in [-0.15, -0.1) is 11.3 Å². The second-order valence-corrected chi connectivity index (χ2v) is 7.14. The third-order valence-electron chi connectivity index (χ3n) is 2.19. The standard InChI is InChI=1S/C10H9Br2N3O2S/c1-15-8(17-2)4-7(14-15)13-10(16)5-3-6(11)18-9(5)12/h3-4H,1-2H3,(H,13,14,16). The summed E-state index contributed by atoms with van der Waals surface area (Å²) in [5.41, 5.74) is 0.566. The van der Waals surface area contributed by atoms with Gasteiger partial charge in [-0.3, -0.25) is 4.79 Å². The minimum absolute atomic E-state index is 0.218. The summed E-state index contributed by atoms with van der Waals surface area (Å²) in [7, 11) is 3.29. The van der Waals surface area contributed by atoms with Gasteiger partial charge in [-0.05, 0) is 37.9 Å². The van der Waals surface area contributed by atoms with Crippen molar-refractivity contribution < 1.29 is 9.53 Å². The molecule has 0 spiro atoms. The minimum atomic E-state index is -0.218. The van der Waals surface area contributed by atoms with Crippen molar-refractivity contribution in [3.05, 3.63) is 25.3 Å². The van der Waals surface area contributed by atoms with Crippen LogP contribution >= 0.6 is 43.2 Å². The number of ether oxygens (including phenoxy) is 1. The first-order valence-corrected chi connectivity index (χ1v) is 7.25. The van der Waals surface area contributed by atoms with Crippen LogP contribution in [0.2, 0.25) is 0 Å². The lowest BCUT2D eigenvalue weighted by Gasteiger charge is -1.99. The molecule has 2 aromatic rings. The highest BCUT2D eigenvalue weighted by atomic mass is 79.9. The van der Waals surface area contributed by atoms with Crippen LogP contribution in [0.5, 0.6) is 5.88 Å². The Hall–Kier alpha value is -0.860. The molecule has 5 nitrogen and oxygen atoms in total. The quantitative estimate of drug-likeness (QED) is 0.869. The number of hydrogen-bond donors (Lipinski definition) is 1. The summed E-state index contributed by atoms with van der Waals surface area (Å²) in [6, 6.07) is 3.41. The van der Waals surface area contributed by atoms with E-state index in [1.807, 2.05) is 0 Å². The van der Waals surface area contributed by atoms with Crippen LogP contribution in [-0.4, -0.2) is 22.8 Å². The van der Waals surface area contributed by atoms with Crippen molar-refractivity contribution in [2.24, 2.45) is 7.05 Å². The molecule has 1 N–H and O–H groups in total. The molecule has 1 amide bonds. The van der Waals surface area contributed by atoms with Gasteiger partial charge in [-0.25, -0.2) is 4.68 Å². The van der Waals surface area contributed by atoms with Crippen molar-refractivity contribution in [3.63, 3.8) is 0 Å². The van der Waals surface area contributed by atoms with Crippen molar-refractivity contribution in [2.45, 2.75) is 0 Å². The number of anilines is 1. The lowest BCUT2D eigenvalue weighted by atomic mass is 10.3. The van der Waals surface area contributed by atoms with Gasteiger partial charge in [-0.1, -0.05) is 0 Å². The Kier molecular flexibility index (Phi) is 4.08. The van der Waals surface area contributed by atoms with Crippen LogP contribution in [0.25, 0.3) is 0 Å². The average molecular weight is 395 g/mol. The predicted molar refractivity (Wildman–Crippen MR) is 77.4 cm³/mol. The fourth-order valence-electron chi connectivity index (χ4n) is 1.38. The van der Waals surface area contributed by atoms with Gasteiger partial charge in [0.15, 0.2) is 5.82 Å². The third-order valence-corrected chi connectivity index (χ3v) is 4.53. The molecular formula is C10H9Br2N3O2S. The number of amides is 1. The number of halogens is 2. The fraction of sp³-hybridized carbons (Fsp3) is 0.200. The first kappa shape index (κ1) is 13.6. The van der Waals surface area contributed by atoms with E-state index in [4.69, 9.17) is 4.74 Å². The molecule has 8 heteroatoms. The second kappa shape index (κ2) is 5.41. The van der Waals surface area contributed by atoms with Crippen molar-refractivity contribution >= 4 is 54.9 Å². The molecule has 0 saturated carbocycles. The number of carbonyl (C=O) groups excluding carboxylic acids is 1.